The zero-order valence-corrected chi connectivity index (χ0v) is 13.0. The molecule has 1 heterocycles. The number of thiocarbonyl (C=S) groups is 1. The van der Waals surface area contributed by atoms with E-state index in [4.69, 9.17) is 17.3 Å². The van der Waals surface area contributed by atoms with Crippen molar-refractivity contribution in [1.29, 1.82) is 0 Å². The summed E-state index contributed by atoms with van der Waals surface area (Å²) in [6.07, 6.45) is 3.51. The fraction of sp³-hybridized carbons (Fsp3) is 0.188. The van der Waals surface area contributed by atoms with E-state index in [1.165, 1.54) is 11.8 Å². The van der Waals surface area contributed by atoms with E-state index in [2.05, 4.69) is 0 Å². The third kappa shape index (κ3) is 4.12. The Morgan fingerprint density at radius 1 is 1.38 bits per heavy atom. The number of Topliss-reactive ketones (excluding diaryl/α,β-unsaturated/α-hetero) is 1. The van der Waals surface area contributed by atoms with Gasteiger partial charge in [0.2, 0.25) is 0 Å². The zero-order valence-electron chi connectivity index (χ0n) is 11.4. The van der Waals surface area contributed by atoms with Gasteiger partial charge in [-0.2, -0.15) is 0 Å². The van der Waals surface area contributed by atoms with Crippen LogP contribution in [0.1, 0.15) is 18.9 Å². The number of hydrogen-bond donors (Lipinski definition) is 1. The van der Waals surface area contributed by atoms with Crippen molar-refractivity contribution >= 4 is 46.0 Å². The summed E-state index contributed by atoms with van der Waals surface area (Å²) >= 11 is 6.32. The summed E-state index contributed by atoms with van der Waals surface area (Å²) < 4.78 is 0.446. The number of carboxylic acid groups (broad SMARTS) is 1. The minimum absolute atomic E-state index is 0.187. The van der Waals surface area contributed by atoms with Gasteiger partial charge in [-0.25, -0.2) is 0 Å². The molecule has 0 bridgehead atoms. The Balaban J connectivity index is 2.18. The Morgan fingerprint density at radius 3 is 2.67 bits per heavy atom. The van der Waals surface area contributed by atoms with Crippen molar-refractivity contribution in [3.05, 3.63) is 52.4 Å². The van der Waals surface area contributed by atoms with Gasteiger partial charge < -0.3 is 5.11 Å². The maximum Gasteiger partial charge on any atom is 0.304 e. The highest BCUT2D eigenvalue weighted by Gasteiger charge is 2.36. The first kappa shape index (κ1) is 15.7. The van der Waals surface area contributed by atoms with Crippen LogP contribution < -0.4 is 0 Å². The van der Waals surface area contributed by atoms with E-state index in [0.717, 1.165) is 11.1 Å². The van der Waals surface area contributed by atoms with Crippen LogP contribution in [0.4, 0.5) is 0 Å². The van der Waals surface area contributed by atoms with Crippen LogP contribution in [-0.2, 0) is 9.59 Å². The molecule has 1 saturated heterocycles. The average molecular weight is 318 g/mol. The summed E-state index contributed by atoms with van der Waals surface area (Å²) in [5, 5.41) is 8.82. The number of ketones is 1. The largest absolute Gasteiger partial charge is 0.481 e. The number of benzene rings is 1. The van der Waals surface area contributed by atoms with E-state index in [0.29, 0.717) is 9.10 Å². The standard InChI is InChI=1S/C16H14O3S2/c1-10(7-11-5-3-2-4-6-11)8-13-15(19)12(9-14(17)18)16(20)21-13/h2-8,12H,9H2,1H3,(H,17,18)/b10-7+,13-8+. The van der Waals surface area contributed by atoms with Crippen molar-refractivity contribution in [3.63, 3.8) is 0 Å². The van der Waals surface area contributed by atoms with E-state index < -0.39 is 11.9 Å². The predicted octanol–water partition coefficient (Wildman–Crippen LogP) is 3.71. The van der Waals surface area contributed by atoms with E-state index in [-0.39, 0.29) is 12.2 Å². The fourth-order valence-corrected chi connectivity index (χ4v) is 3.52. The molecule has 108 valence electrons. The molecule has 0 aliphatic carbocycles. The minimum Gasteiger partial charge on any atom is -0.481 e. The van der Waals surface area contributed by atoms with E-state index in [1.54, 1.807) is 6.08 Å². The van der Waals surface area contributed by atoms with Gasteiger partial charge in [-0.1, -0.05) is 60.4 Å². The molecule has 0 spiro atoms. The Morgan fingerprint density at radius 2 is 2.05 bits per heavy atom. The highest BCUT2D eigenvalue weighted by atomic mass is 32.2. The van der Waals surface area contributed by atoms with E-state index in [1.807, 2.05) is 43.3 Å². The second-order valence-corrected chi connectivity index (χ2v) is 6.53. The molecule has 1 aliphatic heterocycles. The first-order chi connectivity index (χ1) is 9.97. The van der Waals surface area contributed by atoms with Gasteiger partial charge in [0.15, 0.2) is 5.78 Å². The molecule has 1 unspecified atom stereocenters. The van der Waals surface area contributed by atoms with Crippen LogP contribution >= 0.6 is 24.0 Å². The first-order valence-electron chi connectivity index (χ1n) is 6.40. The van der Waals surface area contributed by atoms with Crippen molar-refractivity contribution in [2.24, 2.45) is 5.92 Å². The third-order valence-electron chi connectivity index (χ3n) is 2.99. The Labute approximate surface area is 132 Å². The summed E-state index contributed by atoms with van der Waals surface area (Å²) in [5.74, 6) is -1.87. The predicted molar refractivity (Wildman–Crippen MR) is 89.1 cm³/mol. The number of rotatable bonds is 4. The molecule has 5 heteroatoms. The lowest BCUT2D eigenvalue weighted by Crippen LogP contribution is -2.17. The summed E-state index contributed by atoms with van der Waals surface area (Å²) in [5.41, 5.74) is 1.97. The highest BCUT2D eigenvalue weighted by Crippen LogP contribution is 2.37. The molecule has 1 atom stereocenters. The number of thioether (sulfide) groups is 1. The number of aliphatic carboxylic acids is 1. The van der Waals surface area contributed by atoms with Gasteiger partial charge in [0.25, 0.3) is 0 Å². The molecule has 1 fully saturated rings. The van der Waals surface area contributed by atoms with Crippen molar-refractivity contribution in [2.75, 3.05) is 0 Å². The summed E-state index contributed by atoms with van der Waals surface area (Å²) in [4.78, 5) is 23.5. The smallest absolute Gasteiger partial charge is 0.304 e. The topological polar surface area (TPSA) is 54.4 Å². The van der Waals surface area contributed by atoms with Gasteiger partial charge >= 0.3 is 5.97 Å². The number of allylic oxidation sites excluding steroid dienone is 3. The molecule has 1 aromatic carbocycles. The Hall–Kier alpha value is -1.72. The lowest BCUT2D eigenvalue weighted by atomic mass is 10.0. The molecule has 0 aromatic heterocycles. The van der Waals surface area contributed by atoms with Gasteiger partial charge in [-0.3, -0.25) is 9.59 Å². The van der Waals surface area contributed by atoms with Crippen molar-refractivity contribution in [1.82, 2.24) is 0 Å². The first-order valence-corrected chi connectivity index (χ1v) is 7.62. The zero-order chi connectivity index (χ0) is 15.4. The van der Waals surface area contributed by atoms with E-state index >= 15 is 0 Å². The van der Waals surface area contributed by atoms with Crippen molar-refractivity contribution < 1.29 is 14.7 Å². The lowest BCUT2D eigenvalue weighted by Gasteiger charge is -2.01. The van der Waals surface area contributed by atoms with Crippen LogP contribution in [0.2, 0.25) is 0 Å². The molecule has 3 nitrogen and oxygen atoms in total. The fourth-order valence-electron chi connectivity index (χ4n) is 2.02. The molecule has 0 amide bonds. The molecule has 1 aliphatic rings. The molecular weight excluding hydrogens is 304 g/mol. The maximum absolute atomic E-state index is 12.2. The van der Waals surface area contributed by atoms with Crippen molar-refractivity contribution in [3.8, 4) is 0 Å². The van der Waals surface area contributed by atoms with Crippen molar-refractivity contribution in [2.45, 2.75) is 13.3 Å². The number of hydrogen-bond acceptors (Lipinski definition) is 4. The third-order valence-corrected chi connectivity index (χ3v) is 4.54. The van der Waals surface area contributed by atoms with Crippen LogP contribution in [-0.4, -0.2) is 21.1 Å². The molecule has 2 rings (SSSR count). The average Bonchev–Trinajstić information content (AvgIpc) is 2.67. The maximum atomic E-state index is 12.2. The van der Waals surface area contributed by atoms with E-state index in [9.17, 15) is 9.59 Å². The Bertz CT molecular complexity index is 645. The molecular formula is C16H14O3S2. The summed E-state index contributed by atoms with van der Waals surface area (Å²) in [6, 6.07) is 9.78. The number of carbonyl (C=O) groups excluding carboxylic acids is 1. The highest BCUT2D eigenvalue weighted by molar-refractivity contribution is 8.27. The minimum atomic E-state index is -1.01. The quantitative estimate of drug-likeness (QED) is 0.677. The summed E-state index contributed by atoms with van der Waals surface area (Å²) in [7, 11) is 0. The molecule has 1 aromatic rings. The van der Waals surface area contributed by atoms with Gasteiger partial charge in [-0.15, -0.1) is 0 Å². The molecule has 21 heavy (non-hydrogen) atoms. The lowest BCUT2D eigenvalue weighted by molar-refractivity contribution is -0.139. The van der Waals surface area contributed by atoms with Crippen LogP contribution in [0, 0.1) is 5.92 Å². The van der Waals surface area contributed by atoms with Crippen LogP contribution in [0.3, 0.4) is 0 Å². The molecule has 0 saturated carbocycles. The normalized spacial score (nSPS) is 21.1. The van der Waals surface area contributed by atoms with Crippen LogP contribution in [0.15, 0.2) is 46.9 Å². The van der Waals surface area contributed by atoms with Gasteiger partial charge in [0, 0.05) is 0 Å². The monoisotopic (exact) mass is 318 g/mol. The number of carbonyl (C=O) groups is 2. The van der Waals surface area contributed by atoms with Gasteiger partial charge in [0.05, 0.1) is 21.4 Å². The van der Waals surface area contributed by atoms with Crippen LogP contribution in [0.5, 0.6) is 0 Å². The van der Waals surface area contributed by atoms with Gasteiger partial charge in [-0.05, 0) is 24.1 Å². The number of carboxylic acids is 1. The Kier molecular flexibility index (Phi) is 5.09. The van der Waals surface area contributed by atoms with Gasteiger partial charge in [0.1, 0.15) is 0 Å². The van der Waals surface area contributed by atoms with Crippen LogP contribution in [0.25, 0.3) is 6.08 Å². The second kappa shape index (κ2) is 6.83. The SMILES string of the molecule is CC(=C\c1ccccc1)/C=C1/SC(=S)C(CC(=O)O)C1=O. The molecule has 0 radical (unpaired) electrons. The summed E-state index contributed by atoms with van der Waals surface area (Å²) in [6.45, 7) is 1.90. The second-order valence-electron chi connectivity index (χ2n) is 4.74. The molecule has 1 N–H and O–H groups in total.